The number of halogens is 1. The maximum Gasteiger partial charge on any atom is 0.141 e. The third-order valence-electron chi connectivity index (χ3n) is 0.840. The Kier molecular flexibility index (Phi) is 2.92. The molecule has 2 N–H and O–H groups in total. The van der Waals surface area contributed by atoms with Crippen LogP contribution in [0.15, 0.2) is 23.7 Å². The number of nitrogens with two attached hydrogens (primary N) is 1. The van der Waals surface area contributed by atoms with Crippen molar-refractivity contribution in [3.05, 3.63) is 23.7 Å². The van der Waals surface area contributed by atoms with Gasteiger partial charge in [-0.15, -0.1) is 0 Å². The zero-order chi connectivity index (χ0) is 6.57. The van der Waals surface area contributed by atoms with Gasteiger partial charge in [0, 0.05) is 0 Å². The summed E-state index contributed by atoms with van der Waals surface area (Å²) in [5.41, 5.74) is 5.35. The molecule has 0 aliphatic rings. The third kappa shape index (κ3) is 1.78. The minimum atomic E-state index is -0.354. The summed E-state index contributed by atoms with van der Waals surface area (Å²) in [6, 6.07) is 0. The van der Waals surface area contributed by atoms with Crippen molar-refractivity contribution in [3.63, 3.8) is 0 Å². The second kappa shape index (κ2) is 3.24. The van der Waals surface area contributed by atoms with E-state index in [0.29, 0.717) is 0 Å². The molecular formula is C6H10FN. The highest BCUT2D eigenvalue weighted by molar-refractivity contribution is 5.19. The normalized spacial score (nSPS) is 14.4. The van der Waals surface area contributed by atoms with Gasteiger partial charge in [0.05, 0.1) is 5.70 Å². The van der Waals surface area contributed by atoms with Crippen LogP contribution in [0.2, 0.25) is 0 Å². The minimum absolute atomic E-state index is 0.201. The minimum Gasteiger partial charge on any atom is -0.397 e. The summed E-state index contributed by atoms with van der Waals surface area (Å²) in [6.07, 6.45) is 2.85. The van der Waals surface area contributed by atoms with Crippen LogP contribution in [-0.2, 0) is 0 Å². The lowest BCUT2D eigenvalue weighted by Gasteiger charge is -1.91. The highest BCUT2D eigenvalue weighted by Crippen LogP contribution is 2.02. The van der Waals surface area contributed by atoms with Gasteiger partial charge in [-0.25, -0.2) is 4.39 Å². The monoisotopic (exact) mass is 115 g/mol. The molecule has 2 heteroatoms. The number of hydrogen-bond acceptors (Lipinski definition) is 1. The third-order valence-corrected chi connectivity index (χ3v) is 0.840. The van der Waals surface area contributed by atoms with E-state index in [0.717, 1.165) is 0 Å². The fraction of sp³-hybridized carbons (Fsp3) is 0.333. The molecule has 0 aromatic rings. The molecule has 0 aliphatic heterocycles. The predicted octanol–water partition coefficient (Wildman–Crippen LogP) is 1.72. The molecule has 0 heterocycles. The molecule has 0 spiro atoms. The number of hydrogen-bond donors (Lipinski definition) is 1. The second-order valence-electron chi connectivity index (χ2n) is 1.38. The van der Waals surface area contributed by atoms with Crippen molar-refractivity contribution in [2.45, 2.75) is 13.8 Å². The van der Waals surface area contributed by atoms with Crippen LogP contribution >= 0.6 is 0 Å². The molecule has 0 radical (unpaired) electrons. The highest BCUT2D eigenvalue weighted by atomic mass is 19.1. The van der Waals surface area contributed by atoms with Gasteiger partial charge in [0.25, 0.3) is 0 Å². The fourth-order valence-corrected chi connectivity index (χ4v) is 0.305. The Labute approximate surface area is 48.7 Å². The molecule has 0 bridgehead atoms. The van der Waals surface area contributed by atoms with E-state index in [4.69, 9.17) is 5.73 Å². The molecule has 1 nitrogen and oxygen atoms in total. The Hall–Kier alpha value is -0.790. The Balaban J connectivity index is 4.04. The van der Waals surface area contributed by atoms with E-state index >= 15 is 0 Å². The second-order valence-corrected chi connectivity index (χ2v) is 1.38. The molecule has 0 aliphatic carbocycles. The zero-order valence-corrected chi connectivity index (χ0v) is 5.11. The first-order chi connectivity index (χ1) is 3.72. The maximum absolute atomic E-state index is 12.2. The van der Waals surface area contributed by atoms with Crippen molar-refractivity contribution >= 4 is 0 Å². The lowest BCUT2D eigenvalue weighted by atomic mass is 10.3. The average molecular weight is 115 g/mol. The molecule has 0 amide bonds. The van der Waals surface area contributed by atoms with Crippen molar-refractivity contribution in [2.24, 2.45) is 5.73 Å². The Morgan fingerprint density at radius 1 is 1.38 bits per heavy atom. The first-order valence-corrected chi connectivity index (χ1v) is 2.46. The molecule has 0 aromatic carbocycles. The summed E-state index contributed by atoms with van der Waals surface area (Å²) in [4.78, 5) is 0. The van der Waals surface area contributed by atoms with Crippen LogP contribution in [0.5, 0.6) is 0 Å². The van der Waals surface area contributed by atoms with E-state index in [9.17, 15) is 4.39 Å². The van der Waals surface area contributed by atoms with Crippen molar-refractivity contribution < 1.29 is 4.39 Å². The van der Waals surface area contributed by atoms with Gasteiger partial charge >= 0.3 is 0 Å². The summed E-state index contributed by atoms with van der Waals surface area (Å²) >= 11 is 0. The van der Waals surface area contributed by atoms with Crippen molar-refractivity contribution in [3.8, 4) is 0 Å². The van der Waals surface area contributed by atoms with Crippen LogP contribution in [0.25, 0.3) is 0 Å². The molecule has 0 saturated carbocycles. The molecule has 0 rings (SSSR count). The summed E-state index contributed by atoms with van der Waals surface area (Å²) in [7, 11) is 0. The standard InChI is InChI=1S/C6H10FN/c1-3-5(7)6(8)4-2/h3-4H,8H2,1-2H3/b5-3+,6-4+. The van der Waals surface area contributed by atoms with E-state index in [1.807, 2.05) is 0 Å². The van der Waals surface area contributed by atoms with Crippen LogP contribution < -0.4 is 5.73 Å². The molecule has 0 aromatic heterocycles. The van der Waals surface area contributed by atoms with Gasteiger partial charge in [-0.3, -0.25) is 0 Å². The maximum atomic E-state index is 12.2. The summed E-state index contributed by atoms with van der Waals surface area (Å²) in [6.45, 7) is 3.30. The van der Waals surface area contributed by atoms with E-state index in [-0.39, 0.29) is 11.5 Å². The molecule has 0 unspecified atom stereocenters. The first kappa shape index (κ1) is 7.21. The summed E-state index contributed by atoms with van der Waals surface area (Å²) in [5.74, 6) is -0.354. The van der Waals surface area contributed by atoms with E-state index in [1.54, 1.807) is 13.8 Å². The molecule has 8 heavy (non-hydrogen) atoms. The largest absolute Gasteiger partial charge is 0.397 e. The van der Waals surface area contributed by atoms with Gasteiger partial charge in [-0.2, -0.15) is 0 Å². The van der Waals surface area contributed by atoms with Crippen LogP contribution in [0.1, 0.15) is 13.8 Å². The average Bonchev–Trinajstić information content (AvgIpc) is 1.84. The molecule has 0 fully saturated rings. The van der Waals surface area contributed by atoms with Crippen molar-refractivity contribution in [1.82, 2.24) is 0 Å². The molecule has 0 atom stereocenters. The van der Waals surface area contributed by atoms with Gasteiger partial charge in [0.2, 0.25) is 0 Å². The van der Waals surface area contributed by atoms with Crippen molar-refractivity contribution in [1.29, 1.82) is 0 Å². The number of rotatable bonds is 1. The first-order valence-electron chi connectivity index (χ1n) is 2.46. The Morgan fingerprint density at radius 2 is 1.88 bits per heavy atom. The quantitative estimate of drug-likeness (QED) is 0.517. The predicted molar refractivity (Wildman–Crippen MR) is 32.8 cm³/mol. The topological polar surface area (TPSA) is 26.0 Å². The van der Waals surface area contributed by atoms with Crippen LogP contribution in [0.4, 0.5) is 4.39 Å². The van der Waals surface area contributed by atoms with Gasteiger partial charge in [0.15, 0.2) is 0 Å². The Morgan fingerprint density at radius 3 is 2.00 bits per heavy atom. The zero-order valence-electron chi connectivity index (χ0n) is 5.11. The van der Waals surface area contributed by atoms with Crippen LogP contribution in [-0.4, -0.2) is 0 Å². The van der Waals surface area contributed by atoms with Crippen LogP contribution in [0.3, 0.4) is 0 Å². The highest BCUT2D eigenvalue weighted by Gasteiger charge is 1.91. The van der Waals surface area contributed by atoms with Gasteiger partial charge in [-0.05, 0) is 19.9 Å². The summed E-state index contributed by atoms with van der Waals surface area (Å²) in [5, 5.41) is 0. The lowest BCUT2D eigenvalue weighted by Crippen LogP contribution is -1.95. The van der Waals surface area contributed by atoms with Gasteiger partial charge in [0.1, 0.15) is 5.83 Å². The molecular weight excluding hydrogens is 105 g/mol. The van der Waals surface area contributed by atoms with E-state index in [1.165, 1.54) is 12.2 Å². The van der Waals surface area contributed by atoms with Crippen molar-refractivity contribution in [2.75, 3.05) is 0 Å². The van der Waals surface area contributed by atoms with E-state index in [2.05, 4.69) is 0 Å². The van der Waals surface area contributed by atoms with Gasteiger partial charge in [-0.1, -0.05) is 6.08 Å². The Bertz CT molecular complexity index is 108. The van der Waals surface area contributed by atoms with E-state index < -0.39 is 0 Å². The van der Waals surface area contributed by atoms with Gasteiger partial charge < -0.3 is 5.73 Å². The summed E-state index contributed by atoms with van der Waals surface area (Å²) < 4.78 is 12.2. The van der Waals surface area contributed by atoms with Crippen LogP contribution in [0, 0.1) is 0 Å². The lowest BCUT2D eigenvalue weighted by molar-refractivity contribution is 0.646. The smallest absolute Gasteiger partial charge is 0.141 e. The molecule has 46 valence electrons. The molecule has 0 saturated heterocycles. The SMILES string of the molecule is C/C=C(N)\C(F)=C/C. The fourth-order valence-electron chi connectivity index (χ4n) is 0.305. The number of allylic oxidation sites excluding steroid dienone is 3.